The Labute approximate surface area is 125 Å². The Morgan fingerprint density at radius 3 is 2.75 bits per heavy atom. The summed E-state index contributed by atoms with van der Waals surface area (Å²) in [4.78, 5) is 13.7. The first-order valence-electron chi connectivity index (χ1n) is 7.09. The number of hydrogen-bond donors (Lipinski definition) is 1. The van der Waals surface area contributed by atoms with Gasteiger partial charge in [0.15, 0.2) is 0 Å². The van der Waals surface area contributed by atoms with Crippen molar-refractivity contribution in [1.29, 1.82) is 0 Å². The molecule has 0 spiro atoms. The molecule has 2 atom stereocenters. The van der Waals surface area contributed by atoms with Crippen LogP contribution in [-0.2, 0) is 4.79 Å². The van der Waals surface area contributed by atoms with E-state index < -0.39 is 12.0 Å². The average molecular weight is 296 g/mol. The van der Waals surface area contributed by atoms with Crippen molar-refractivity contribution < 1.29 is 9.90 Å². The molecule has 1 aromatic rings. The van der Waals surface area contributed by atoms with Crippen LogP contribution in [0.3, 0.4) is 0 Å². The van der Waals surface area contributed by atoms with E-state index in [-0.39, 0.29) is 5.54 Å². The van der Waals surface area contributed by atoms with Gasteiger partial charge in [-0.05, 0) is 56.4 Å². The number of fused-ring (bicyclic) bond motifs is 1. The molecule has 0 radical (unpaired) electrons. The molecular formula is C16H22ClNO2. The van der Waals surface area contributed by atoms with E-state index in [1.807, 2.05) is 25.1 Å². The van der Waals surface area contributed by atoms with Gasteiger partial charge in [-0.25, -0.2) is 4.79 Å². The second kappa shape index (κ2) is 5.28. The van der Waals surface area contributed by atoms with Crippen molar-refractivity contribution in [2.24, 2.45) is 0 Å². The molecule has 0 unspecified atom stereocenters. The molecule has 1 aromatic carbocycles. The van der Waals surface area contributed by atoms with Crippen LogP contribution in [0.25, 0.3) is 0 Å². The molecule has 0 bridgehead atoms. The number of halogens is 1. The standard InChI is InChI=1S/C16H22ClNO2/c1-5-13(15(19)20)18-14-7-6-11(17)8-12(14)10(2)9-16(18,3)4/h6-8,10,13H,5,9H2,1-4H3,(H,19,20)/t10-,13-/m1/s1. The predicted molar refractivity (Wildman–Crippen MR) is 82.8 cm³/mol. The van der Waals surface area contributed by atoms with Crippen molar-refractivity contribution in [3.05, 3.63) is 28.8 Å². The number of anilines is 1. The van der Waals surface area contributed by atoms with Gasteiger partial charge in [0.25, 0.3) is 0 Å². The molecule has 110 valence electrons. The Hall–Kier alpha value is -1.22. The van der Waals surface area contributed by atoms with Crippen molar-refractivity contribution in [2.45, 2.75) is 58.0 Å². The summed E-state index contributed by atoms with van der Waals surface area (Å²) in [7, 11) is 0. The maximum absolute atomic E-state index is 11.6. The highest BCUT2D eigenvalue weighted by Gasteiger charge is 2.41. The third kappa shape index (κ3) is 2.51. The van der Waals surface area contributed by atoms with Crippen LogP contribution in [0, 0.1) is 0 Å². The second-order valence-corrected chi connectivity index (χ2v) is 6.69. The first-order valence-corrected chi connectivity index (χ1v) is 7.47. The number of benzene rings is 1. The Balaban J connectivity index is 2.59. The SMILES string of the molecule is CC[C@H](C(=O)O)N1c2ccc(Cl)cc2[C@H](C)CC1(C)C. The Kier molecular flexibility index (Phi) is 4.01. The Morgan fingerprint density at radius 2 is 2.20 bits per heavy atom. The Morgan fingerprint density at radius 1 is 1.55 bits per heavy atom. The number of carboxylic acids is 1. The fourth-order valence-electron chi connectivity index (χ4n) is 3.48. The topological polar surface area (TPSA) is 40.5 Å². The zero-order chi connectivity index (χ0) is 15.1. The average Bonchev–Trinajstić information content (AvgIpc) is 2.33. The molecule has 20 heavy (non-hydrogen) atoms. The number of carbonyl (C=O) groups is 1. The summed E-state index contributed by atoms with van der Waals surface area (Å²) in [5, 5.41) is 10.2. The van der Waals surface area contributed by atoms with Gasteiger partial charge in [0.1, 0.15) is 6.04 Å². The summed E-state index contributed by atoms with van der Waals surface area (Å²) in [6, 6.07) is 5.27. The van der Waals surface area contributed by atoms with E-state index in [0.29, 0.717) is 17.4 Å². The van der Waals surface area contributed by atoms with Crippen LogP contribution in [0.2, 0.25) is 5.02 Å². The highest BCUT2D eigenvalue weighted by Crippen LogP contribution is 2.45. The third-order valence-electron chi connectivity index (χ3n) is 4.22. The minimum atomic E-state index is -0.768. The quantitative estimate of drug-likeness (QED) is 0.904. The maximum Gasteiger partial charge on any atom is 0.326 e. The van der Waals surface area contributed by atoms with Gasteiger partial charge in [0.2, 0.25) is 0 Å². The summed E-state index contributed by atoms with van der Waals surface area (Å²) in [6.45, 7) is 8.33. The summed E-state index contributed by atoms with van der Waals surface area (Å²) in [6.07, 6.45) is 1.50. The number of hydrogen-bond acceptors (Lipinski definition) is 2. The van der Waals surface area contributed by atoms with Gasteiger partial charge in [-0.3, -0.25) is 0 Å². The molecule has 0 saturated heterocycles. The fourth-order valence-corrected chi connectivity index (χ4v) is 3.66. The fraction of sp³-hybridized carbons (Fsp3) is 0.562. The van der Waals surface area contributed by atoms with E-state index in [0.717, 1.165) is 17.7 Å². The van der Waals surface area contributed by atoms with Gasteiger partial charge >= 0.3 is 5.97 Å². The van der Waals surface area contributed by atoms with Gasteiger partial charge in [0, 0.05) is 16.2 Å². The lowest BCUT2D eigenvalue weighted by atomic mass is 9.79. The van der Waals surface area contributed by atoms with E-state index in [4.69, 9.17) is 11.6 Å². The molecule has 0 amide bonds. The maximum atomic E-state index is 11.6. The summed E-state index contributed by atoms with van der Waals surface area (Å²) in [5.74, 6) is -0.391. The molecule has 3 nitrogen and oxygen atoms in total. The lowest BCUT2D eigenvalue weighted by Crippen LogP contribution is -2.56. The van der Waals surface area contributed by atoms with E-state index in [1.54, 1.807) is 0 Å². The smallest absolute Gasteiger partial charge is 0.326 e. The van der Waals surface area contributed by atoms with E-state index in [2.05, 4.69) is 25.7 Å². The van der Waals surface area contributed by atoms with E-state index in [1.165, 1.54) is 0 Å². The van der Waals surface area contributed by atoms with Crippen molar-refractivity contribution >= 4 is 23.3 Å². The van der Waals surface area contributed by atoms with Gasteiger partial charge in [-0.15, -0.1) is 0 Å². The number of nitrogens with zero attached hydrogens (tertiary/aromatic N) is 1. The van der Waals surface area contributed by atoms with Crippen LogP contribution < -0.4 is 4.90 Å². The number of aliphatic carboxylic acids is 1. The highest BCUT2D eigenvalue weighted by atomic mass is 35.5. The Bertz CT molecular complexity index is 527. The van der Waals surface area contributed by atoms with Crippen LogP contribution in [0.5, 0.6) is 0 Å². The van der Waals surface area contributed by atoms with E-state index in [9.17, 15) is 9.90 Å². The van der Waals surface area contributed by atoms with Crippen molar-refractivity contribution in [3.63, 3.8) is 0 Å². The van der Waals surface area contributed by atoms with Crippen molar-refractivity contribution in [2.75, 3.05) is 4.90 Å². The highest BCUT2D eigenvalue weighted by molar-refractivity contribution is 6.30. The predicted octanol–water partition coefficient (Wildman–Crippen LogP) is 4.30. The van der Waals surface area contributed by atoms with Crippen LogP contribution in [0.15, 0.2) is 18.2 Å². The minimum Gasteiger partial charge on any atom is -0.480 e. The van der Waals surface area contributed by atoms with Crippen LogP contribution in [0.4, 0.5) is 5.69 Å². The number of rotatable bonds is 3. The van der Waals surface area contributed by atoms with Gasteiger partial charge < -0.3 is 10.0 Å². The van der Waals surface area contributed by atoms with E-state index >= 15 is 0 Å². The zero-order valence-electron chi connectivity index (χ0n) is 12.5. The molecule has 1 aliphatic rings. The van der Waals surface area contributed by atoms with Crippen LogP contribution in [0.1, 0.15) is 52.0 Å². The summed E-state index contributed by atoms with van der Waals surface area (Å²) >= 11 is 6.10. The largest absolute Gasteiger partial charge is 0.480 e. The molecular weight excluding hydrogens is 274 g/mol. The summed E-state index contributed by atoms with van der Waals surface area (Å²) < 4.78 is 0. The number of carboxylic acid groups (broad SMARTS) is 1. The first kappa shape index (κ1) is 15.2. The van der Waals surface area contributed by atoms with Crippen LogP contribution >= 0.6 is 11.6 Å². The van der Waals surface area contributed by atoms with Gasteiger partial charge in [-0.2, -0.15) is 0 Å². The molecule has 0 aromatic heterocycles. The normalized spacial score (nSPS) is 22.2. The lowest BCUT2D eigenvalue weighted by molar-refractivity contribution is -0.139. The third-order valence-corrected chi connectivity index (χ3v) is 4.46. The molecule has 2 rings (SSSR count). The van der Waals surface area contributed by atoms with Crippen molar-refractivity contribution in [3.8, 4) is 0 Å². The molecule has 1 heterocycles. The van der Waals surface area contributed by atoms with Gasteiger partial charge in [0.05, 0.1) is 0 Å². The van der Waals surface area contributed by atoms with Crippen LogP contribution in [-0.4, -0.2) is 22.7 Å². The summed E-state index contributed by atoms with van der Waals surface area (Å²) in [5.41, 5.74) is 1.98. The monoisotopic (exact) mass is 295 g/mol. The minimum absolute atomic E-state index is 0.181. The molecule has 1 aliphatic heterocycles. The second-order valence-electron chi connectivity index (χ2n) is 6.25. The lowest BCUT2D eigenvalue weighted by Gasteiger charge is -2.50. The van der Waals surface area contributed by atoms with Gasteiger partial charge in [-0.1, -0.05) is 25.4 Å². The molecule has 1 N–H and O–H groups in total. The molecule has 0 aliphatic carbocycles. The van der Waals surface area contributed by atoms with Crippen molar-refractivity contribution in [1.82, 2.24) is 0 Å². The molecule has 0 fully saturated rings. The zero-order valence-corrected chi connectivity index (χ0v) is 13.2. The molecule has 0 saturated carbocycles. The first-order chi connectivity index (χ1) is 9.27. The molecule has 4 heteroatoms.